The van der Waals surface area contributed by atoms with Crippen LogP contribution in [0.25, 0.3) is 0 Å². The highest BCUT2D eigenvalue weighted by atomic mass is 35.5. The second kappa shape index (κ2) is 9.23. The van der Waals surface area contributed by atoms with Gasteiger partial charge in [-0.25, -0.2) is 4.39 Å². The van der Waals surface area contributed by atoms with Crippen LogP contribution in [0, 0.1) is 5.82 Å². The van der Waals surface area contributed by atoms with Crippen LogP contribution in [0.2, 0.25) is 5.02 Å². The molecule has 0 saturated carbocycles. The van der Waals surface area contributed by atoms with Gasteiger partial charge in [0.1, 0.15) is 5.82 Å². The fourth-order valence-corrected chi connectivity index (χ4v) is 3.53. The van der Waals surface area contributed by atoms with Gasteiger partial charge in [0.15, 0.2) is 0 Å². The third kappa shape index (κ3) is 5.14. The number of hydrogen-bond acceptors (Lipinski definition) is 4. The third-order valence-electron chi connectivity index (χ3n) is 4.65. The zero-order valence-corrected chi connectivity index (χ0v) is 17.4. The number of carbonyl (C=O) groups excluding carboxylic acids is 3. The first-order valence-corrected chi connectivity index (χ1v) is 9.77. The molecule has 0 bridgehead atoms. The van der Waals surface area contributed by atoms with Crippen molar-refractivity contribution in [2.75, 3.05) is 35.7 Å². The summed E-state index contributed by atoms with van der Waals surface area (Å²) in [4.78, 5) is 40.5. The van der Waals surface area contributed by atoms with E-state index >= 15 is 0 Å². The van der Waals surface area contributed by atoms with Gasteiger partial charge in [-0.05, 0) is 44.3 Å². The molecule has 0 spiro atoms. The fourth-order valence-electron chi connectivity index (χ4n) is 3.35. The fraction of sp³-hybridized carbons (Fsp3) is 0.286. The highest BCUT2D eigenvalue weighted by Crippen LogP contribution is 2.31. The molecule has 3 amide bonds. The SMILES string of the molecule is C[C@H]1CC(=O)Nc2ccccc2N1C(=O)CN(C)CC(=O)Nc1ccc(F)c(Cl)c1. The lowest BCUT2D eigenvalue weighted by Crippen LogP contribution is -2.45. The normalized spacial score (nSPS) is 16.0. The van der Waals surface area contributed by atoms with Crippen molar-refractivity contribution in [1.82, 2.24) is 4.90 Å². The number of halogens is 2. The Balaban J connectivity index is 1.65. The van der Waals surface area contributed by atoms with Gasteiger partial charge in [-0.3, -0.25) is 19.3 Å². The zero-order chi connectivity index (χ0) is 21.8. The predicted molar refractivity (Wildman–Crippen MR) is 114 cm³/mol. The van der Waals surface area contributed by atoms with Crippen LogP contribution in [-0.4, -0.2) is 48.8 Å². The minimum absolute atomic E-state index is 0.0234. The number of hydrogen-bond donors (Lipinski definition) is 2. The maximum atomic E-state index is 13.2. The maximum Gasteiger partial charge on any atom is 0.241 e. The van der Waals surface area contributed by atoms with Gasteiger partial charge < -0.3 is 15.5 Å². The van der Waals surface area contributed by atoms with Crippen molar-refractivity contribution < 1.29 is 18.8 Å². The lowest BCUT2D eigenvalue weighted by Gasteiger charge is -2.29. The van der Waals surface area contributed by atoms with Gasteiger partial charge in [0.2, 0.25) is 17.7 Å². The van der Waals surface area contributed by atoms with Gasteiger partial charge in [-0.1, -0.05) is 23.7 Å². The molecule has 2 N–H and O–H groups in total. The maximum absolute atomic E-state index is 13.2. The average molecular weight is 433 g/mol. The van der Waals surface area contributed by atoms with Gasteiger partial charge in [-0.15, -0.1) is 0 Å². The molecule has 0 aromatic heterocycles. The van der Waals surface area contributed by atoms with Gasteiger partial charge in [0.05, 0.1) is 29.5 Å². The number of benzene rings is 2. The molecule has 1 heterocycles. The van der Waals surface area contributed by atoms with Crippen molar-refractivity contribution in [2.24, 2.45) is 0 Å². The van der Waals surface area contributed by atoms with E-state index in [4.69, 9.17) is 11.6 Å². The van der Waals surface area contributed by atoms with Gasteiger partial charge in [-0.2, -0.15) is 0 Å². The zero-order valence-electron chi connectivity index (χ0n) is 16.6. The van der Waals surface area contributed by atoms with Gasteiger partial charge in [0.25, 0.3) is 0 Å². The molecule has 30 heavy (non-hydrogen) atoms. The monoisotopic (exact) mass is 432 g/mol. The van der Waals surface area contributed by atoms with Crippen LogP contribution in [0.1, 0.15) is 13.3 Å². The van der Waals surface area contributed by atoms with Crippen molar-refractivity contribution >= 4 is 46.4 Å². The molecule has 9 heteroatoms. The molecule has 158 valence electrons. The summed E-state index contributed by atoms with van der Waals surface area (Å²) in [5.74, 6) is -1.33. The smallest absolute Gasteiger partial charge is 0.241 e. The van der Waals surface area contributed by atoms with Gasteiger partial charge >= 0.3 is 0 Å². The number of rotatable bonds is 5. The summed E-state index contributed by atoms with van der Waals surface area (Å²) in [6, 6.07) is 10.7. The van der Waals surface area contributed by atoms with E-state index in [0.717, 1.165) is 0 Å². The van der Waals surface area contributed by atoms with Gasteiger partial charge in [0, 0.05) is 18.2 Å². The summed E-state index contributed by atoms with van der Waals surface area (Å²) >= 11 is 5.72. The summed E-state index contributed by atoms with van der Waals surface area (Å²) in [5.41, 5.74) is 1.57. The first kappa shape index (κ1) is 21.7. The summed E-state index contributed by atoms with van der Waals surface area (Å²) in [6.45, 7) is 1.73. The molecular weight excluding hydrogens is 411 g/mol. The Labute approximate surface area is 178 Å². The highest BCUT2D eigenvalue weighted by Gasteiger charge is 2.30. The minimum atomic E-state index is -0.572. The van der Waals surface area contributed by atoms with Crippen LogP contribution < -0.4 is 15.5 Å². The van der Waals surface area contributed by atoms with E-state index in [9.17, 15) is 18.8 Å². The van der Waals surface area contributed by atoms with Crippen molar-refractivity contribution in [3.05, 3.63) is 53.3 Å². The molecule has 1 aliphatic heterocycles. The Morgan fingerprint density at radius 3 is 2.73 bits per heavy atom. The number of anilines is 3. The van der Waals surface area contributed by atoms with E-state index in [1.54, 1.807) is 41.1 Å². The van der Waals surface area contributed by atoms with Crippen LogP contribution in [0.4, 0.5) is 21.5 Å². The Morgan fingerprint density at radius 1 is 1.27 bits per heavy atom. The molecule has 0 radical (unpaired) electrons. The number of amides is 3. The Kier molecular flexibility index (Phi) is 6.69. The molecule has 0 fully saturated rings. The van der Waals surface area contributed by atoms with Crippen LogP contribution in [-0.2, 0) is 14.4 Å². The molecule has 1 aliphatic rings. The standard InChI is InChI=1S/C21H22ClFN4O3/c1-13-9-19(28)25-17-5-3-4-6-18(17)27(13)21(30)12-26(2)11-20(29)24-14-7-8-16(23)15(22)10-14/h3-8,10,13H,9,11-12H2,1-2H3,(H,24,29)(H,25,28)/t13-/m0/s1. The molecule has 0 unspecified atom stereocenters. The number of nitrogens with one attached hydrogen (secondary N) is 2. The van der Waals surface area contributed by atoms with E-state index in [1.165, 1.54) is 18.2 Å². The van der Waals surface area contributed by atoms with E-state index in [1.807, 2.05) is 6.92 Å². The Morgan fingerprint density at radius 2 is 2.00 bits per heavy atom. The number of nitrogens with zero attached hydrogens (tertiary/aromatic N) is 2. The largest absolute Gasteiger partial charge is 0.325 e. The first-order valence-electron chi connectivity index (χ1n) is 9.39. The van der Waals surface area contributed by atoms with E-state index < -0.39 is 5.82 Å². The minimum Gasteiger partial charge on any atom is -0.325 e. The van der Waals surface area contributed by atoms with Crippen molar-refractivity contribution in [3.63, 3.8) is 0 Å². The second-order valence-corrected chi connectivity index (χ2v) is 7.64. The summed E-state index contributed by atoms with van der Waals surface area (Å²) < 4.78 is 13.2. The van der Waals surface area contributed by atoms with E-state index in [-0.39, 0.29) is 48.3 Å². The van der Waals surface area contributed by atoms with Crippen LogP contribution >= 0.6 is 11.6 Å². The second-order valence-electron chi connectivity index (χ2n) is 7.23. The van der Waals surface area contributed by atoms with Crippen LogP contribution in [0.15, 0.2) is 42.5 Å². The van der Waals surface area contributed by atoms with E-state index in [0.29, 0.717) is 17.1 Å². The summed E-state index contributed by atoms with van der Waals surface area (Å²) in [5, 5.41) is 5.34. The molecule has 0 saturated heterocycles. The summed E-state index contributed by atoms with van der Waals surface area (Å²) in [6.07, 6.45) is 0.177. The first-order chi connectivity index (χ1) is 14.2. The Bertz CT molecular complexity index is 984. The molecule has 7 nitrogen and oxygen atoms in total. The van der Waals surface area contributed by atoms with Crippen molar-refractivity contribution in [3.8, 4) is 0 Å². The number of para-hydroxylation sites is 2. The Hall–Kier alpha value is -2.97. The molecule has 0 aliphatic carbocycles. The molecule has 1 atom stereocenters. The quantitative estimate of drug-likeness (QED) is 0.760. The third-order valence-corrected chi connectivity index (χ3v) is 4.94. The molecular formula is C21H22ClFN4O3. The molecule has 2 aromatic rings. The molecule has 3 rings (SSSR count). The van der Waals surface area contributed by atoms with Crippen LogP contribution in [0.3, 0.4) is 0 Å². The summed E-state index contributed by atoms with van der Waals surface area (Å²) in [7, 11) is 1.65. The van der Waals surface area contributed by atoms with E-state index in [2.05, 4.69) is 10.6 Å². The number of likely N-dealkylation sites (N-methyl/N-ethyl adjacent to an activating group) is 1. The van der Waals surface area contributed by atoms with Crippen molar-refractivity contribution in [1.29, 1.82) is 0 Å². The predicted octanol–water partition coefficient (Wildman–Crippen LogP) is 3.11. The highest BCUT2D eigenvalue weighted by molar-refractivity contribution is 6.31. The number of fused-ring (bicyclic) bond motifs is 1. The van der Waals surface area contributed by atoms with Crippen LogP contribution in [0.5, 0.6) is 0 Å². The topological polar surface area (TPSA) is 81.8 Å². The lowest BCUT2D eigenvalue weighted by atomic mass is 10.1. The lowest BCUT2D eigenvalue weighted by molar-refractivity contribution is -0.121. The molecule has 2 aromatic carbocycles. The van der Waals surface area contributed by atoms with Crippen molar-refractivity contribution in [2.45, 2.75) is 19.4 Å². The average Bonchev–Trinajstić information content (AvgIpc) is 2.78. The number of carbonyl (C=O) groups is 3.